The van der Waals surface area contributed by atoms with Gasteiger partial charge in [0.2, 0.25) is 0 Å². The van der Waals surface area contributed by atoms with Crippen molar-refractivity contribution in [2.45, 2.75) is 6.61 Å². The molecule has 0 aliphatic carbocycles. The van der Waals surface area contributed by atoms with Gasteiger partial charge in [0.1, 0.15) is 18.1 Å². The molecule has 0 atom stereocenters. The zero-order chi connectivity index (χ0) is 19.1. The van der Waals surface area contributed by atoms with E-state index in [9.17, 15) is 9.90 Å². The molecule has 0 aromatic heterocycles. The van der Waals surface area contributed by atoms with Gasteiger partial charge in [0.25, 0.3) is 5.91 Å². The lowest BCUT2D eigenvalue weighted by molar-refractivity contribution is 0.0955. The second-order valence-electron chi connectivity index (χ2n) is 5.73. The van der Waals surface area contributed by atoms with E-state index in [0.29, 0.717) is 28.5 Å². The lowest BCUT2D eigenvalue weighted by atomic mass is 10.2. The molecular formula is C21H17ClN2O3. The number of phenols is 1. The second-order valence-corrected chi connectivity index (χ2v) is 6.17. The summed E-state index contributed by atoms with van der Waals surface area (Å²) >= 11 is 5.85. The number of carbonyl (C=O) groups is 1. The molecule has 0 unspecified atom stereocenters. The van der Waals surface area contributed by atoms with Crippen LogP contribution in [0.15, 0.2) is 77.9 Å². The van der Waals surface area contributed by atoms with Crippen molar-refractivity contribution in [2.75, 3.05) is 0 Å². The predicted octanol–water partition coefficient (Wildman–Crippen LogP) is 4.39. The molecule has 1 amide bonds. The molecule has 0 aliphatic heterocycles. The van der Waals surface area contributed by atoms with Crippen molar-refractivity contribution in [3.8, 4) is 11.5 Å². The van der Waals surface area contributed by atoms with Crippen molar-refractivity contribution in [3.63, 3.8) is 0 Å². The Labute approximate surface area is 161 Å². The lowest BCUT2D eigenvalue weighted by Gasteiger charge is -2.07. The molecule has 0 saturated heterocycles. The van der Waals surface area contributed by atoms with E-state index in [2.05, 4.69) is 10.5 Å². The van der Waals surface area contributed by atoms with Crippen LogP contribution in [0.1, 0.15) is 21.5 Å². The van der Waals surface area contributed by atoms with Gasteiger partial charge in [-0.05, 0) is 59.7 Å². The van der Waals surface area contributed by atoms with Gasteiger partial charge in [0, 0.05) is 10.6 Å². The Hall–Kier alpha value is -3.31. The summed E-state index contributed by atoms with van der Waals surface area (Å²) in [5.41, 5.74) is 4.59. The van der Waals surface area contributed by atoms with Crippen molar-refractivity contribution in [3.05, 3.63) is 94.5 Å². The van der Waals surface area contributed by atoms with Crippen molar-refractivity contribution in [1.29, 1.82) is 0 Å². The van der Waals surface area contributed by atoms with Gasteiger partial charge < -0.3 is 9.84 Å². The van der Waals surface area contributed by atoms with Gasteiger partial charge in [0.05, 0.1) is 6.21 Å². The number of hydrogen-bond donors (Lipinski definition) is 2. The van der Waals surface area contributed by atoms with Gasteiger partial charge in [-0.25, -0.2) is 5.43 Å². The number of ether oxygens (including phenoxy) is 1. The molecule has 6 heteroatoms. The highest BCUT2D eigenvalue weighted by Gasteiger charge is 2.04. The molecule has 3 aromatic rings. The number of hydrazone groups is 1. The number of amides is 1. The SMILES string of the molecule is O=C(NN=Cc1cccc(O)c1)c1ccc(OCc2ccc(Cl)cc2)cc1. The van der Waals surface area contributed by atoms with Crippen LogP contribution in [0.3, 0.4) is 0 Å². The normalized spacial score (nSPS) is 10.7. The molecule has 0 aliphatic rings. The summed E-state index contributed by atoms with van der Waals surface area (Å²) in [5.74, 6) is 0.458. The minimum atomic E-state index is -0.337. The van der Waals surface area contributed by atoms with E-state index in [-0.39, 0.29) is 11.7 Å². The number of aromatic hydroxyl groups is 1. The Kier molecular flexibility index (Phi) is 6.07. The number of nitrogens with one attached hydrogen (secondary N) is 1. The van der Waals surface area contributed by atoms with Crippen molar-refractivity contribution in [2.24, 2.45) is 5.10 Å². The Morgan fingerprint density at radius 2 is 1.81 bits per heavy atom. The van der Waals surface area contributed by atoms with Crippen LogP contribution in [0.4, 0.5) is 0 Å². The maximum atomic E-state index is 12.1. The maximum Gasteiger partial charge on any atom is 0.271 e. The quantitative estimate of drug-likeness (QED) is 0.492. The smallest absolute Gasteiger partial charge is 0.271 e. The fourth-order valence-electron chi connectivity index (χ4n) is 2.28. The van der Waals surface area contributed by atoms with Crippen LogP contribution < -0.4 is 10.2 Å². The summed E-state index contributed by atoms with van der Waals surface area (Å²) < 4.78 is 5.69. The molecule has 2 N–H and O–H groups in total. The number of hydrogen-bond acceptors (Lipinski definition) is 4. The highest BCUT2D eigenvalue weighted by Crippen LogP contribution is 2.16. The van der Waals surface area contributed by atoms with Crippen LogP contribution in [0, 0.1) is 0 Å². The second kappa shape index (κ2) is 8.87. The van der Waals surface area contributed by atoms with Crippen molar-refractivity contribution < 1.29 is 14.6 Å². The van der Waals surface area contributed by atoms with Gasteiger partial charge in [-0.3, -0.25) is 4.79 Å². The molecule has 5 nitrogen and oxygen atoms in total. The third-order valence-electron chi connectivity index (χ3n) is 3.69. The molecule has 3 rings (SSSR count). The number of halogens is 1. The third-order valence-corrected chi connectivity index (χ3v) is 3.94. The van der Waals surface area contributed by atoms with Crippen LogP contribution in [0.25, 0.3) is 0 Å². The van der Waals surface area contributed by atoms with Gasteiger partial charge in [-0.15, -0.1) is 0 Å². The lowest BCUT2D eigenvalue weighted by Crippen LogP contribution is -2.17. The van der Waals surface area contributed by atoms with E-state index in [1.165, 1.54) is 6.21 Å². The molecule has 0 radical (unpaired) electrons. The molecule has 136 valence electrons. The average Bonchev–Trinajstić information content (AvgIpc) is 2.68. The molecule has 0 spiro atoms. The highest BCUT2D eigenvalue weighted by molar-refractivity contribution is 6.30. The monoisotopic (exact) mass is 380 g/mol. The summed E-state index contributed by atoms with van der Waals surface area (Å²) in [6, 6.07) is 20.8. The molecule has 0 bridgehead atoms. The Balaban J connectivity index is 1.53. The first-order valence-corrected chi connectivity index (χ1v) is 8.58. The van der Waals surface area contributed by atoms with Crippen LogP contribution in [0.5, 0.6) is 11.5 Å². The number of carbonyl (C=O) groups excluding carboxylic acids is 1. The average molecular weight is 381 g/mol. The zero-order valence-corrected chi connectivity index (χ0v) is 15.1. The Bertz CT molecular complexity index is 938. The molecule has 27 heavy (non-hydrogen) atoms. The summed E-state index contributed by atoms with van der Waals surface area (Å²) in [5, 5.41) is 14.0. The van der Waals surface area contributed by atoms with Crippen LogP contribution >= 0.6 is 11.6 Å². The number of benzene rings is 3. The van der Waals surface area contributed by atoms with E-state index in [0.717, 1.165) is 5.56 Å². The molecule has 0 heterocycles. The summed E-state index contributed by atoms with van der Waals surface area (Å²) in [6.07, 6.45) is 1.46. The van der Waals surface area contributed by atoms with Crippen molar-refractivity contribution >= 4 is 23.7 Å². The Morgan fingerprint density at radius 1 is 1.07 bits per heavy atom. The predicted molar refractivity (Wildman–Crippen MR) is 105 cm³/mol. The summed E-state index contributed by atoms with van der Waals surface area (Å²) in [7, 11) is 0. The first-order valence-electron chi connectivity index (χ1n) is 8.20. The van der Waals surface area contributed by atoms with E-state index in [1.807, 2.05) is 24.3 Å². The number of rotatable bonds is 6. The fraction of sp³-hybridized carbons (Fsp3) is 0.0476. The topological polar surface area (TPSA) is 70.9 Å². The van der Waals surface area contributed by atoms with E-state index >= 15 is 0 Å². The summed E-state index contributed by atoms with van der Waals surface area (Å²) in [4.78, 5) is 12.1. The van der Waals surface area contributed by atoms with Gasteiger partial charge in [-0.2, -0.15) is 5.10 Å². The first kappa shape index (κ1) is 18.5. The molecular weight excluding hydrogens is 364 g/mol. The van der Waals surface area contributed by atoms with Gasteiger partial charge >= 0.3 is 0 Å². The van der Waals surface area contributed by atoms with Crippen LogP contribution in [-0.4, -0.2) is 17.2 Å². The highest BCUT2D eigenvalue weighted by atomic mass is 35.5. The minimum absolute atomic E-state index is 0.138. The molecule has 0 saturated carbocycles. The Morgan fingerprint density at radius 3 is 2.52 bits per heavy atom. The largest absolute Gasteiger partial charge is 0.508 e. The maximum absolute atomic E-state index is 12.1. The van der Waals surface area contributed by atoms with Crippen LogP contribution in [0.2, 0.25) is 5.02 Å². The van der Waals surface area contributed by atoms with E-state index < -0.39 is 0 Å². The standard InChI is InChI=1S/C21H17ClN2O3/c22-18-8-4-15(5-9-18)14-27-20-10-6-17(7-11-20)21(26)24-23-13-16-2-1-3-19(25)12-16/h1-13,25H,14H2,(H,24,26). The van der Waals surface area contributed by atoms with Crippen LogP contribution in [-0.2, 0) is 6.61 Å². The fourth-order valence-corrected chi connectivity index (χ4v) is 2.41. The molecule has 0 fully saturated rings. The zero-order valence-electron chi connectivity index (χ0n) is 14.3. The van der Waals surface area contributed by atoms with E-state index in [1.54, 1.807) is 48.5 Å². The number of phenolic OH excluding ortho intramolecular Hbond substituents is 1. The summed E-state index contributed by atoms with van der Waals surface area (Å²) in [6.45, 7) is 0.414. The number of nitrogens with zero attached hydrogens (tertiary/aromatic N) is 1. The first-order chi connectivity index (χ1) is 13.1. The van der Waals surface area contributed by atoms with Crippen molar-refractivity contribution in [1.82, 2.24) is 5.43 Å². The third kappa shape index (κ3) is 5.59. The van der Waals surface area contributed by atoms with E-state index in [4.69, 9.17) is 16.3 Å². The minimum Gasteiger partial charge on any atom is -0.508 e. The van der Waals surface area contributed by atoms with Gasteiger partial charge in [0.15, 0.2) is 0 Å². The molecule has 3 aromatic carbocycles. The van der Waals surface area contributed by atoms with Gasteiger partial charge in [-0.1, -0.05) is 35.9 Å².